The summed E-state index contributed by atoms with van der Waals surface area (Å²) in [6.07, 6.45) is 0.742. The molecule has 1 amide bonds. The lowest BCUT2D eigenvalue weighted by Gasteiger charge is -2.08. The number of amides is 1. The van der Waals surface area contributed by atoms with Gasteiger partial charge in [0.1, 0.15) is 0 Å². The Bertz CT molecular complexity index is 1040. The largest absolute Gasteiger partial charge is 0.383 e. The number of benzene rings is 2. The van der Waals surface area contributed by atoms with Gasteiger partial charge in [0, 0.05) is 30.5 Å². The topological polar surface area (TPSA) is 84.5 Å². The SMILES string of the molecule is COCCNS(=O)(=O)c1ccc(C(=O)NCCc2csc3ccccc23)cc1. The van der Waals surface area contributed by atoms with Gasteiger partial charge < -0.3 is 10.1 Å². The van der Waals surface area contributed by atoms with Crippen LogP contribution in [0.25, 0.3) is 10.1 Å². The third-order valence-electron chi connectivity index (χ3n) is 4.27. The van der Waals surface area contributed by atoms with Crippen LogP contribution in [0.5, 0.6) is 0 Å². The zero-order valence-electron chi connectivity index (χ0n) is 15.5. The van der Waals surface area contributed by atoms with Crippen molar-refractivity contribution >= 4 is 37.4 Å². The van der Waals surface area contributed by atoms with E-state index in [1.165, 1.54) is 47.0 Å². The second-order valence-electron chi connectivity index (χ2n) is 6.18. The first-order chi connectivity index (χ1) is 13.5. The van der Waals surface area contributed by atoms with Gasteiger partial charge in [0.2, 0.25) is 10.0 Å². The number of hydrogen-bond donors (Lipinski definition) is 2. The molecule has 1 aromatic heterocycles. The molecule has 0 bridgehead atoms. The van der Waals surface area contributed by atoms with Crippen molar-refractivity contribution in [2.45, 2.75) is 11.3 Å². The lowest BCUT2D eigenvalue weighted by molar-refractivity contribution is 0.0954. The lowest BCUT2D eigenvalue weighted by atomic mass is 10.1. The molecule has 3 aromatic rings. The molecule has 148 valence electrons. The van der Waals surface area contributed by atoms with Crippen LogP contribution in [0.2, 0.25) is 0 Å². The van der Waals surface area contributed by atoms with Gasteiger partial charge in [-0.3, -0.25) is 4.79 Å². The fraction of sp³-hybridized carbons (Fsp3) is 0.250. The summed E-state index contributed by atoms with van der Waals surface area (Å²) in [4.78, 5) is 12.4. The molecule has 2 aromatic carbocycles. The van der Waals surface area contributed by atoms with Crippen LogP contribution in [0.3, 0.4) is 0 Å². The number of sulfonamides is 1. The minimum atomic E-state index is -3.60. The van der Waals surface area contributed by atoms with E-state index in [9.17, 15) is 13.2 Å². The first-order valence-electron chi connectivity index (χ1n) is 8.83. The maximum Gasteiger partial charge on any atom is 0.251 e. The van der Waals surface area contributed by atoms with Crippen LogP contribution in [0.1, 0.15) is 15.9 Å². The predicted octanol–water partition coefficient (Wildman–Crippen LogP) is 2.80. The number of methoxy groups -OCH3 is 1. The number of hydrogen-bond acceptors (Lipinski definition) is 5. The Morgan fingerprint density at radius 1 is 1.07 bits per heavy atom. The summed E-state index contributed by atoms with van der Waals surface area (Å²) in [5.41, 5.74) is 1.63. The molecular weight excluding hydrogens is 396 g/mol. The van der Waals surface area contributed by atoms with E-state index in [0.29, 0.717) is 18.7 Å². The Morgan fingerprint density at radius 2 is 1.82 bits per heavy atom. The molecule has 0 aliphatic heterocycles. The van der Waals surface area contributed by atoms with Gasteiger partial charge in [0.25, 0.3) is 5.91 Å². The van der Waals surface area contributed by atoms with E-state index in [4.69, 9.17) is 4.74 Å². The molecule has 0 saturated carbocycles. The first-order valence-corrected chi connectivity index (χ1v) is 11.2. The Labute approximate surface area is 168 Å². The van der Waals surface area contributed by atoms with Crippen molar-refractivity contribution in [3.8, 4) is 0 Å². The second-order valence-corrected chi connectivity index (χ2v) is 8.86. The summed E-state index contributed by atoms with van der Waals surface area (Å²) in [5, 5.41) is 6.22. The smallest absolute Gasteiger partial charge is 0.251 e. The zero-order chi connectivity index (χ0) is 20.0. The van der Waals surface area contributed by atoms with Crippen LogP contribution in [0.4, 0.5) is 0 Å². The monoisotopic (exact) mass is 418 g/mol. The molecule has 3 rings (SSSR count). The van der Waals surface area contributed by atoms with Gasteiger partial charge in [-0.1, -0.05) is 18.2 Å². The quantitative estimate of drug-likeness (QED) is 0.524. The summed E-state index contributed by atoms with van der Waals surface area (Å²) >= 11 is 1.70. The van der Waals surface area contributed by atoms with Gasteiger partial charge in [-0.25, -0.2) is 13.1 Å². The van der Waals surface area contributed by atoms with Gasteiger partial charge in [-0.15, -0.1) is 11.3 Å². The molecule has 0 atom stereocenters. The average molecular weight is 419 g/mol. The van der Waals surface area contributed by atoms with Gasteiger partial charge in [-0.05, 0) is 53.1 Å². The summed E-state index contributed by atoms with van der Waals surface area (Å²) < 4.78 is 32.8. The van der Waals surface area contributed by atoms with E-state index in [1.54, 1.807) is 11.3 Å². The number of fused-ring (bicyclic) bond motifs is 1. The van der Waals surface area contributed by atoms with Gasteiger partial charge in [0.05, 0.1) is 11.5 Å². The van der Waals surface area contributed by atoms with Crippen molar-refractivity contribution in [2.24, 2.45) is 0 Å². The molecule has 0 spiro atoms. The molecule has 6 nitrogen and oxygen atoms in total. The summed E-state index contributed by atoms with van der Waals surface area (Å²) in [6.45, 7) is 0.996. The third-order valence-corrected chi connectivity index (χ3v) is 6.76. The molecule has 1 heterocycles. The highest BCUT2D eigenvalue weighted by molar-refractivity contribution is 7.89. The highest BCUT2D eigenvalue weighted by Gasteiger charge is 2.14. The van der Waals surface area contributed by atoms with Crippen molar-refractivity contribution < 1.29 is 17.9 Å². The number of ether oxygens (including phenoxy) is 1. The van der Waals surface area contributed by atoms with Crippen LogP contribution < -0.4 is 10.0 Å². The summed E-state index contributed by atoms with van der Waals surface area (Å²) in [6, 6.07) is 14.1. The number of nitrogens with one attached hydrogen (secondary N) is 2. The van der Waals surface area contributed by atoms with Gasteiger partial charge in [0.15, 0.2) is 0 Å². The summed E-state index contributed by atoms with van der Waals surface area (Å²) in [7, 11) is -2.10. The molecule has 2 N–H and O–H groups in total. The standard InChI is InChI=1S/C20H22N2O4S2/c1-26-13-12-22-28(24,25)17-8-6-15(7-9-17)20(23)21-11-10-16-14-27-19-5-3-2-4-18(16)19/h2-9,14,22H,10-13H2,1H3,(H,21,23). The molecule has 0 radical (unpaired) electrons. The predicted molar refractivity (Wildman–Crippen MR) is 111 cm³/mol. The normalized spacial score (nSPS) is 11.6. The molecule has 8 heteroatoms. The number of rotatable bonds is 9. The average Bonchev–Trinajstić information content (AvgIpc) is 3.11. The van der Waals surface area contributed by atoms with Crippen LogP contribution in [0, 0.1) is 0 Å². The molecule has 28 heavy (non-hydrogen) atoms. The lowest BCUT2D eigenvalue weighted by Crippen LogP contribution is -2.28. The highest BCUT2D eigenvalue weighted by atomic mass is 32.2. The Hall–Kier alpha value is -2.26. The van der Waals surface area contributed by atoms with E-state index in [2.05, 4.69) is 27.6 Å². The van der Waals surface area contributed by atoms with E-state index in [1.807, 2.05) is 12.1 Å². The second kappa shape index (κ2) is 9.29. The van der Waals surface area contributed by atoms with Crippen LogP contribution in [0.15, 0.2) is 58.8 Å². The maximum absolute atomic E-state index is 12.3. The van der Waals surface area contributed by atoms with Crippen molar-refractivity contribution in [1.29, 1.82) is 0 Å². The minimum absolute atomic E-state index is 0.116. The number of carbonyl (C=O) groups excluding carboxylic acids is 1. The zero-order valence-corrected chi connectivity index (χ0v) is 17.1. The minimum Gasteiger partial charge on any atom is -0.383 e. The van der Waals surface area contributed by atoms with Gasteiger partial charge in [-0.2, -0.15) is 0 Å². The van der Waals surface area contributed by atoms with Gasteiger partial charge >= 0.3 is 0 Å². The summed E-state index contributed by atoms with van der Waals surface area (Å²) in [5.74, 6) is -0.226. The third kappa shape index (κ3) is 4.96. The maximum atomic E-state index is 12.3. The van der Waals surface area contributed by atoms with E-state index in [0.717, 1.165) is 6.42 Å². The Kier molecular flexibility index (Phi) is 6.79. The Balaban J connectivity index is 1.56. The molecule has 0 aliphatic carbocycles. The van der Waals surface area contributed by atoms with Crippen molar-refractivity contribution in [1.82, 2.24) is 10.0 Å². The highest BCUT2D eigenvalue weighted by Crippen LogP contribution is 2.25. The molecule has 0 unspecified atom stereocenters. The Morgan fingerprint density at radius 3 is 2.57 bits per heavy atom. The number of thiophene rings is 1. The molecule has 0 fully saturated rings. The number of carbonyl (C=O) groups is 1. The van der Waals surface area contributed by atoms with Crippen molar-refractivity contribution in [3.63, 3.8) is 0 Å². The van der Waals surface area contributed by atoms with Crippen LogP contribution in [-0.4, -0.2) is 41.1 Å². The van der Waals surface area contributed by atoms with E-state index in [-0.39, 0.29) is 17.3 Å². The molecular formula is C20H22N2O4S2. The molecule has 0 aliphatic rings. The fourth-order valence-electron chi connectivity index (χ4n) is 2.79. The van der Waals surface area contributed by atoms with Crippen molar-refractivity contribution in [3.05, 3.63) is 65.0 Å². The first kappa shape index (κ1) is 20.5. The van der Waals surface area contributed by atoms with Crippen LogP contribution >= 0.6 is 11.3 Å². The molecule has 0 saturated heterocycles. The fourth-order valence-corrected chi connectivity index (χ4v) is 4.80. The van der Waals surface area contributed by atoms with E-state index >= 15 is 0 Å². The van der Waals surface area contributed by atoms with Crippen molar-refractivity contribution in [2.75, 3.05) is 26.8 Å². The van der Waals surface area contributed by atoms with E-state index < -0.39 is 10.0 Å². The van der Waals surface area contributed by atoms with Crippen LogP contribution in [-0.2, 0) is 21.2 Å².